The number of nitrogens with one attached hydrogen (secondary N) is 1. The number of carbonyl (C=O) groups is 1. The molecule has 24 heavy (non-hydrogen) atoms. The number of nitrogens with zero attached hydrogens (tertiary/aromatic N) is 3. The van der Waals surface area contributed by atoms with Gasteiger partial charge in [0.05, 0.1) is 23.8 Å². The van der Waals surface area contributed by atoms with Gasteiger partial charge in [0.25, 0.3) is 0 Å². The molecule has 0 aliphatic heterocycles. The fourth-order valence-electron chi connectivity index (χ4n) is 2.72. The van der Waals surface area contributed by atoms with E-state index in [4.69, 9.17) is 5.26 Å². The monoisotopic (exact) mass is 328 g/mol. The summed E-state index contributed by atoms with van der Waals surface area (Å²) in [6.07, 6.45) is 5.39. The van der Waals surface area contributed by atoms with Crippen LogP contribution in [0.15, 0.2) is 30.7 Å². The number of carbonyl (C=O) groups excluding carboxylic acids is 1. The summed E-state index contributed by atoms with van der Waals surface area (Å²) in [4.78, 5) is 16.4. The Kier molecular flexibility index (Phi) is 5.35. The molecule has 1 amide bonds. The minimum Gasteiger partial charge on any atom is -0.341 e. The minimum atomic E-state index is -0.940. The van der Waals surface area contributed by atoms with Crippen LogP contribution in [0.1, 0.15) is 49.9 Å². The van der Waals surface area contributed by atoms with Crippen molar-refractivity contribution in [3.05, 3.63) is 53.4 Å². The number of aryl methyl sites for hydroxylation is 1. The van der Waals surface area contributed by atoms with E-state index in [-0.39, 0.29) is 11.5 Å². The number of hydrogen-bond acceptors (Lipinski definition) is 3. The van der Waals surface area contributed by atoms with Crippen LogP contribution in [-0.4, -0.2) is 15.5 Å². The van der Waals surface area contributed by atoms with Crippen molar-refractivity contribution >= 4 is 5.91 Å². The fraction of sp³-hybridized carbons (Fsp3) is 0.389. The molecule has 0 radical (unpaired) electrons. The molecule has 6 heteroatoms. The molecule has 0 spiro atoms. The first kappa shape index (κ1) is 17.7. The first-order valence-electron chi connectivity index (χ1n) is 7.90. The largest absolute Gasteiger partial charge is 0.341 e. The van der Waals surface area contributed by atoms with Crippen LogP contribution >= 0.6 is 0 Å². The molecule has 5 nitrogen and oxygen atoms in total. The number of rotatable bonds is 6. The van der Waals surface area contributed by atoms with Gasteiger partial charge in [-0.1, -0.05) is 19.4 Å². The van der Waals surface area contributed by atoms with Gasteiger partial charge in [-0.2, -0.15) is 5.26 Å². The van der Waals surface area contributed by atoms with Gasteiger partial charge < -0.3 is 9.88 Å². The molecule has 0 bridgehead atoms. The normalized spacial score (nSPS) is 13.1. The fourth-order valence-corrected chi connectivity index (χ4v) is 2.72. The van der Waals surface area contributed by atoms with Gasteiger partial charge in [0, 0.05) is 13.5 Å². The SMILES string of the molecule is CCCCC(=O)NC(C)(c1ccc(C#N)c(F)c1)c1cncn1C. The maximum absolute atomic E-state index is 14.1. The van der Waals surface area contributed by atoms with E-state index < -0.39 is 11.4 Å². The smallest absolute Gasteiger partial charge is 0.220 e. The second-order valence-corrected chi connectivity index (χ2v) is 5.97. The van der Waals surface area contributed by atoms with Gasteiger partial charge >= 0.3 is 0 Å². The molecule has 0 fully saturated rings. The van der Waals surface area contributed by atoms with E-state index in [9.17, 15) is 9.18 Å². The first-order chi connectivity index (χ1) is 11.4. The first-order valence-corrected chi connectivity index (χ1v) is 7.90. The number of nitriles is 1. The van der Waals surface area contributed by atoms with Crippen molar-refractivity contribution in [2.75, 3.05) is 0 Å². The topological polar surface area (TPSA) is 70.7 Å². The number of amides is 1. The Morgan fingerprint density at radius 2 is 2.25 bits per heavy atom. The number of aromatic nitrogens is 2. The second-order valence-electron chi connectivity index (χ2n) is 5.97. The number of imidazole rings is 1. The highest BCUT2D eigenvalue weighted by molar-refractivity contribution is 5.77. The zero-order valence-electron chi connectivity index (χ0n) is 14.1. The number of unbranched alkanes of at least 4 members (excludes halogenated alkanes) is 1. The molecule has 1 heterocycles. The molecule has 1 N–H and O–H groups in total. The van der Waals surface area contributed by atoms with Gasteiger partial charge in [-0.05, 0) is 31.0 Å². The molecular weight excluding hydrogens is 307 g/mol. The molecule has 1 atom stereocenters. The summed E-state index contributed by atoms with van der Waals surface area (Å²) in [5, 5.41) is 11.9. The predicted octanol–water partition coefficient (Wildman–Crippen LogP) is 3.00. The number of benzene rings is 1. The lowest BCUT2D eigenvalue weighted by Crippen LogP contribution is -2.45. The van der Waals surface area contributed by atoms with E-state index in [1.807, 2.05) is 27.0 Å². The van der Waals surface area contributed by atoms with Crippen LogP contribution < -0.4 is 5.32 Å². The van der Waals surface area contributed by atoms with Gasteiger partial charge in [-0.25, -0.2) is 9.37 Å². The zero-order chi connectivity index (χ0) is 17.7. The maximum Gasteiger partial charge on any atom is 0.220 e. The van der Waals surface area contributed by atoms with Crippen molar-refractivity contribution < 1.29 is 9.18 Å². The maximum atomic E-state index is 14.1. The zero-order valence-corrected chi connectivity index (χ0v) is 14.1. The standard InChI is InChI=1S/C18H21FN4O/c1-4-5-6-17(24)22-18(2,16-11-21-12-23(16)3)14-8-7-13(10-20)15(19)9-14/h7-9,11-12H,4-6H2,1-3H3,(H,22,24). The third-order valence-electron chi connectivity index (χ3n) is 4.14. The summed E-state index contributed by atoms with van der Waals surface area (Å²) in [6.45, 7) is 3.83. The summed E-state index contributed by atoms with van der Waals surface area (Å²) < 4.78 is 15.9. The van der Waals surface area contributed by atoms with E-state index in [0.29, 0.717) is 12.0 Å². The summed E-state index contributed by atoms with van der Waals surface area (Å²) in [5.41, 5.74) is 0.331. The highest BCUT2D eigenvalue weighted by Gasteiger charge is 2.33. The van der Waals surface area contributed by atoms with Crippen LogP contribution in [-0.2, 0) is 17.4 Å². The van der Waals surface area contributed by atoms with Gasteiger partial charge in [0.1, 0.15) is 17.4 Å². The van der Waals surface area contributed by atoms with Gasteiger partial charge in [0.15, 0.2) is 0 Å². The van der Waals surface area contributed by atoms with Crippen molar-refractivity contribution in [1.29, 1.82) is 5.26 Å². The lowest BCUT2D eigenvalue weighted by atomic mass is 9.87. The molecule has 1 aromatic carbocycles. The molecule has 0 saturated carbocycles. The van der Waals surface area contributed by atoms with Gasteiger partial charge in [-0.15, -0.1) is 0 Å². The molecule has 1 aromatic heterocycles. The van der Waals surface area contributed by atoms with Crippen LogP contribution in [0.4, 0.5) is 4.39 Å². The van der Waals surface area contributed by atoms with Crippen LogP contribution in [0.2, 0.25) is 0 Å². The highest BCUT2D eigenvalue weighted by Crippen LogP contribution is 2.30. The molecule has 0 saturated heterocycles. The summed E-state index contributed by atoms with van der Waals surface area (Å²) in [6, 6.07) is 6.20. The Bertz CT molecular complexity index is 778. The Morgan fingerprint density at radius 3 is 2.79 bits per heavy atom. The summed E-state index contributed by atoms with van der Waals surface area (Å²) in [5.74, 6) is -0.712. The summed E-state index contributed by atoms with van der Waals surface area (Å²) in [7, 11) is 1.82. The molecule has 2 rings (SSSR count). The highest BCUT2D eigenvalue weighted by atomic mass is 19.1. The minimum absolute atomic E-state index is 0.0246. The van der Waals surface area contributed by atoms with Gasteiger partial charge in [-0.3, -0.25) is 4.79 Å². The summed E-state index contributed by atoms with van der Waals surface area (Å²) >= 11 is 0. The Morgan fingerprint density at radius 1 is 1.50 bits per heavy atom. The second kappa shape index (κ2) is 7.26. The Hall–Kier alpha value is -2.68. The van der Waals surface area contributed by atoms with Crippen LogP contribution in [0.3, 0.4) is 0 Å². The van der Waals surface area contributed by atoms with E-state index in [0.717, 1.165) is 18.5 Å². The van der Waals surface area contributed by atoms with E-state index in [1.54, 1.807) is 23.2 Å². The molecular formula is C18H21FN4O. The van der Waals surface area contributed by atoms with Crippen molar-refractivity contribution in [3.63, 3.8) is 0 Å². The van der Waals surface area contributed by atoms with Crippen molar-refractivity contribution in [3.8, 4) is 6.07 Å². The lowest BCUT2D eigenvalue weighted by molar-refractivity contribution is -0.122. The molecule has 0 aliphatic carbocycles. The average Bonchev–Trinajstić information content (AvgIpc) is 2.99. The van der Waals surface area contributed by atoms with E-state index in [1.165, 1.54) is 12.1 Å². The van der Waals surface area contributed by atoms with Crippen molar-refractivity contribution in [1.82, 2.24) is 14.9 Å². The van der Waals surface area contributed by atoms with E-state index >= 15 is 0 Å². The average molecular weight is 328 g/mol. The third-order valence-corrected chi connectivity index (χ3v) is 4.14. The van der Waals surface area contributed by atoms with Crippen LogP contribution in [0.25, 0.3) is 0 Å². The molecule has 1 unspecified atom stereocenters. The number of hydrogen-bond donors (Lipinski definition) is 1. The van der Waals surface area contributed by atoms with Crippen LogP contribution in [0.5, 0.6) is 0 Å². The van der Waals surface area contributed by atoms with E-state index in [2.05, 4.69) is 10.3 Å². The predicted molar refractivity (Wildman–Crippen MR) is 88.4 cm³/mol. The third kappa shape index (κ3) is 3.46. The quantitative estimate of drug-likeness (QED) is 0.886. The van der Waals surface area contributed by atoms with Crippen molar-refractivity contribution in [2.45, 2.75) is 38.6 Å². The van der Waals surface area contributed by atoms with Crippen molar-refractivity contribution in [2.24, 2.45) is 7.05 Å². The number of halogens is 1. The molecule has 0 aliphatic rings. The Labute approximate surface area is 141 Å². The van der Waals surface area contributed by atoms with Gasteiger partial charge in [0.2, 0.25) is 5.91 Å². The molecule has 2 aromatic rings. The lowest BCUT2D eigenvalue weighted by Gasteiger charge is -2.32. The van der Waals surface area contributed by atoms with Crippen LogP contribution in [0, 0.1) is 17.1 Å². The Balaban J connectivity index is 2.47. The molecule has 126 valence electrons.